The van der Waals surface area contributed by atoms with Crippen molar-refractivity contribution in [2.75, 3.05) is 69.0 Å². The van der Waals surface area contributed by atoms with Crippen LogP contribution in [0.15, 0.2) is 41.0 Å². The number of piperidine rings is 1. The molecule has 6 rings (SSSR count). The van der Waals surface area contributed by atoms with Gasteiger partial charge in [-0.2, -0.15) is 4.98 Å². The van der Waals surface area contributed by atoms with Crippen LogP contribution in [-0.4, -0.2) is 84.3 Å². The third-order valence-corrected chi connectivity index (χ3v) is 9.87. The van der Waals surface area contributed by atoms with E-state index in [1.54, 1.807) is 19.4 Å². The first-order chi connectivity index (χ1) is 20.7. The normalized spacial score (nSPS) is 19.6. The molecule has 3 fully saturated rings. The Bertz CT molecular complexity index is 1450. The molecule has 230 valence electrons. The van der Waals surface area contributed by atoms with Gasteiger partial charge >= 0.3 is 0 Å². The number of aryl methyl sites for hydroxylation is 1. The first-order valence-corrected chi connectivity index (χ1v) is 16.0. The number of piperazine rings is 1. The lowest BCUT2D eigenvalue weighted by atomic mass is 9.74. The van der Waals surface area contributed by atoms with Gasteiger partial charge in [0.25, 0.3) is 0 Å². The summed E-state index contributed by atoms with van der Waals surface area (Å²) in [6.07, 6.45) is 6.19. The second kappa shape index (κ2) is 12.6. The quantitative estimate of drug-likeness (QED) is 0.280. The number of hydrogen-bond donors (Lipinski definition) is 3. The Labute approximate surface area is 261 Å². The molecular formula is C32H41BrFN7O2. The molecular weight excluding hydrogens is 613 g/mol. The highest BCUT2D eigenvalue weighted by Gasteiger charge is 2.38. The molecule has 1 aliphatic carbocycles. The molecule has 2 saturated heterocycles. The van der Waals surface area contributed by atoms with Crippen molar-refractivity contribution in [2.24, 2.45) is 0 Å². The zero-order valence-corrected chi connectivity index (χ0v) is 26.8. The van der Waals surface area contributed by atoms with Crippen LogP contribution in [0, 0.1) is 12.7 Å². The van der Waals surface area contributed by atoms with E-state index < -0.39 is 5.60 Å². The maximum absolute atomic E-state index is 14.2. The number of ether oxygens (including phenoxy) is 1. The molecule has 3 N–H and O–H groups in total. The molecule has 1 saturated carbocycles. The SMILES string of the molecule is COc1cc(Nc2ncc(Br)c(Nc3cc(F)ccc3C3(O)CCC3)n2)c(C)cc1N1CCC(N2CCN(C)CC2)CC1. The van der Waals surface area contributed by atoms with Crippen LogP contribution in [0.4, 0.5) is 33.2 Å². The highest BCUT2D eigenvalue weighted by atomic mass is 79.9. The molecule has 43 heavy (non-hydrogen) atoms. The van der Waals surface area contributed by atoms with Crippen LogP contribution >= 0.6 is 15.9 Å². The smallest absolute Gasteiger partial charge is 0.229 e. The third kappa shape index (κ3) is 6.45. The second-order valence-corrected chi connectivity index (χ2v) is 13.0. The van der Waals surface area contributed by atoms with Crippen LogP contribution in [0.25, 0.3) is 0 Å². The standard InChI is InChI=1S/C32H41BrFN7O2/c1-21-17-28(41-11-7-23(8-12-41)40-15-13-39(2)14-16-40)29(43-3)19-26(21)37-31-35-20-25(33)30(38-31)36-27-18-22(34)5-6-24(27)32(42)9-4-10-32/h5-6,17-20,23,42H,4,7-16H2,1-3H3,(H2,35,36,37,38). The first-order valence-electron chi connectivity index (χ1n) is 15.2. The van der Waals surface area contributed by atoms with Crippen LogP contribution in [0.2, 0.25) is 0 Å². The zero-order valence-electron chi connectivity index (χ0n) is 25.2. The van der Waals surface area contributed by atoms with Crippen molar-refractivity contribution >= 4 is 44.8 Å². The van der Waals surface area contributed by atoms with Crippen molar-refractivity contribution < 1.29 is 14.2 Å². The van der Waals surface area contributed by atoms with E-state index in [2.05, 4.69) is 71.3 Å². The van der Waals surface area contributed by atoms with Crippen LogP contribution in [0.1, 0.15) is 43.2 Å². The highest BCUT2D eigenvalue weighted by Crippen LogP contribution is 2.45. The van der Waals surface area contributed by atoms with Crippen molar-refractivity contribution in [1.29, 1.82) is 0 Å². The number of halogens is 2. The number of anilines is 5. The number of hydrogen-bond acceptors (Lipinski definition) is 9. The summed E-state index contributed by atoms with van der Waals surface area (Å²) in [6, 6.07) is 9.26. The van der Waals surface area contributed by atoms with Gasteiger partial charge in [-0.3, -0.25) is 4.90 Å². The van der Waals surface area contributed by atoms with E-state index in [1.165, 1.54) is 12.1 Å². The summed E-state index contributed by atoms with van der Waals surface area (Å²) in [5.41, 5.74) is 3.21. The summed E-state index contributed by atoms with van der Waals surface area (Å²) in [7, 11) is 3.91. The lowest BCUT2D eigenvalue weighted by Crippen LogP contribution is -2.52. The van der Waals surface area contributed by atoms with E-state index in [4.69, 9.17) is 4.74 Å². The molecule has 2 aromatic carbocycles. The molecule has 0 radical (unpaired) electrons. The number of methoxy groups -OCH3 is 1. The van der Waals surface area contributed by atoms with Crippen LogP contribution in [-0.2, 0) is 5.60 Å². The summed E-state index contributed by atoms with van der Waals surface area (Å²) < 4.78 is 20.7. The van der Waals surface area contributed by atoms with Gasteiger partial charge in [0.2, 0.25) is 5.95 Å². The van der Waals surface area contributed by atoms with Gasteiger partial charge in [0.1, 0.15) is 17.4 Å². The average Bonchev–Trinajstić information content (AvgIpc) is 2.99. The molecule has 3 heterocycles. The lowest BCUT2D eigenvalue weighted by Gasteiger charge is -2.42. The molecule has 2 aliphatic heterocycles. The van der Waals surface area contributed by atoms with Crippen LogP contribution in [0.5, 0.6) is 5.75 Å². The molecule has 0 amide bonds. The maximum atomic E-state index is 14.2. The van der Waals surface area contributed by atoms with Gasteiger partial charge in [-0.05, 0) is 85.8 Å². The van der Waals surface area contributed by atoms with E-state index in [0.717, 1.165) is 81.2 Å². The molecule has 11 heteroatoms. The fourth-order valence-electron chi connectivity index (χ4n) is 6.45. The zero-order chi connectivity index (χ0) is 30.1. The summed E-state index contributed by atoms with van der Waals surface area (Å²) in [4.78, 5) is 16.7. The summed E-state index contributed by atoms with van der Waals surface area (Å²) in [5.74, 6) is 1.28. The predicted octanol–water partition coefficient (Wildman–Crippen LogP) is 5.77. The van der Waals surface area contributed by atoms with E-state index in [9.17, 15) is 9.50 Å². The molecule has 3 aromatic rings. The molecule has 0 atom stereocenters. The number of rotatable bonds is 8. The third-order valence-electron chi connectivity index (χ3n) is 9.29. The average molecular weight is 655 g/mol. The number of aliphatic hydroxyl groups is 1. The number of nitrogens with one attached hydrogen (secondary N) is 2. The largest absolute Gasteiger partial charge is 0.495 e. The van der Waals surface area contributed by atoms with Gasteiger partial charge in [0.05, 0.1) is 22.9 Å². The van der Waals surface area contributed by atoms with Gasteiger partial charge in [0.15, 0.2) is 0 Å². The summed E-state index contributed by atoms with van der Waals surface area (Å²) in [6.45, 7) is 8.69. The Morgan fingerprint density at radius 3 is 2.44 bits per heavy atom. The number of aromatic nitrogens is 2. The Morgan fingerprint density at radius 2 is 1.77 bits per heavy atom. The highest BCUT2D eigenvalue weighted by molar-refractivity contribution is 9.10. The predicted molar refractivity (Wildman–Crippen MR) is 172 cm³/mol. The maximum Gasteiger partial charge on any atom is 0.229 e. The molecule has 3 aliphatic rings. The topological polar surface area (TPSA) is 89.0 Å². The van der Waals surface area contributed by atoms with Crippen LogP contribution < -0.4 is 20.3 Å². The number of likely N-dealkylation sites (N-methyl/N-ethyl adjacent to an activating group) is 1. The van der Waals surface area contributed by atoms with Gasteiger partial charge in [-0.25, -0.2) is 9.37 Å². The van der Waals surface area contributed by atoms with E-state index >= 15 is 0 Å². The molecule has 0 unspecified atom stereocenters. The molecule has 9 nitrogen and oxygen atoms in total. The van der Waals surface area contributed by atoms with Crippen LogP contribution in [0.3, 0.4) is 0 Å². The Kier molecular flexibility index (Phi) is 8.77. The molecule has 0 bridgehead atoms. The van der Waals surface area contributed by atoms with Crippen molar-refractivity contribution in [2.45, 2.75) is 50.7 Å². The minimum absolute atomic E-state index is 0.385. The van der Waals surface area contributed by atoms with Crippen molar-refractivity contribution in [3.63, 3.8) is 0 Å². The molecule has 0 spiro atoms. The van der Waals surface area contributed by atoms with Gasteiger partial charge in [-0.1, -0.05) is 6.07 Å². The van der Waals surface area contributed by atoms with E-state index in [1.807, 2.05) is 6.07 Å². The fourth-order valence-corrected chi connectivity index (χ4v) is 6.74. The molecule has 1 aromatic heterocycles. The first kappa shape index (κ1) is 30.1. The minimum atomic E-state index is -0.953. The van der Waals surface area contributed by atoms with Crippen molar-refractivity contribution in [3.05, 3.63) is 57.9 Å². The Balaban J connectivity index is 1.17. The minimum Gasteiger partial charge on any atom is -0.495 e. The lowest BCUT2D eigenvalue weighted by molar-refractivity contribution is -0.0381. The fraction of sp³-hybridized carbons (Fsp3) is 0.500. The Hall–Kier alpha value is -2.99. The van der Waals surface area contributed by atoms with Gasteiger partial charge in [0, 0.05) is 74.5 Å². The second-order valence-electron chi connectivity index (χ2n) is 12.1. The van der Waals surface area contributed by atoms with Gasteiger partial charge in [-0.15, -0.1) is 0 Å². The summed E-state index contributed by atoms with van der Waals surface area (Å²) in [5, 5.41) is 17.6. The van der Waals surface area contributed by atoms with Gasteiger partial charge < -0.3 is 30.3 Å². The summed E-state index contributed by atoms with van der Waals surface area (Å²) >= 11 is 3.52. The Morgan fingerprint density at radius 1 is 1.02 bits per heavy atom. The van der Waals surface area contributed by atoms with E-state index in [0.29, 0.717) is 46.4 Å². The monoisotopic (exact) mass is 653 g/mol. The van der Waals surface area contributed by atoms with Crippen molar-refractivity contribution in [1.82, 2.24) is 19.8 Å². The number of nitrogens with zero attached hydrogens (tertiary/aromatic N) is 5. The number of benzene rings is 2. The van der Waals surface area contributed by atoms with Crippen molar-refractivity contribution in [3.8, 4) is 5.75 Å². The van der Waals surface area contributed by atoms with E-state index in [-0.39, 0.29) is 5.82 Å².